The summed E-state index contributed by atoms with van der Waals surface area (Å²) in [6, 6.07) is 23.0. The maximum atomic E-state index is 13.9. The molecule has 2 N–H and O–H groups in total. The highest BCUT2D eigenvalue weighted by Crippen LogP contribution is 2.40. The number of benzene rings is 3. The van der Waals surface area contributed by atoms with Crippen LogP contribution in [0.5, 0.6) is 5.75 Å². The minimum absolute atomic E-state index is 0.0845. The molecule has 1 aliphatic heterocycles. The number of piperidine rings is 1. The number of carbonyl (C=O) groups is 3. The van der Waals surface area contributed by atoms with Crippen LogP contribution >= 0.6 is 11.8 Å². The van der Waals surface area contributed by atoms with Crippen LogP contribution < -0.4 is 15.4 Å². The van der Waals surface area contributed by atoms with Crippen LogP contribution in [0.4, 0.5) is 13.2 Å². The van der Waals surface area contributed by atoms with Gasteiger partial charge in [-0.15, -0.1) is 11.8 Å². The first-order chi connectivity index (χ1) is 27.5. The number of hydrogen-bond donors (Lipinski definition) is 2. The molecule has 1 fully saturated rings. The molecule has 1 saturated heterocycles. The summed E-state index contributed by atoms with van der Waals surface area (Å²) in [7, 11) is 0. The van der Waals surface area contributed by atoms with Gasteiger partial charge in [0.15, 0.2) is 6.61 Å². The van der Waals surface area contributed by atoms with Crippen LogP contribution in [0.2, 0.25) is 0 Å². The molecular formula is C44H45F3N4O5S. The predicted octanol–water partition coefficient (Wildman–Crippen LogP) is 8.68. The summed E-state index contributed by atoms with van der Waals surface area (Å²) in [5.74, 6) is -0.533. The molecule has 9 nitrogen and oxygen atoms in total. The molecule has 4 aromatic rings. The molecule has 0 spiro atoms. The first-order valence-corrected chi connectivity index (χ1v) is 20.0. The molecule has 2 atom stereocenters. The fraction of sp³-hybridized carbons (Fsp3) is 0.318. The Morgan fingerprint density at radius 2 is 1.63 bits per heavy atom. The largest absolute Gasteiger partial charge is 0.482 e. The van der Waals surface area contributed by atoms with Gasteiger partial charge in [0, 0.05) is 70.8 Å². The highest BCUT2D eigenvalue weighted by Gasteiger charge is 2.34. The number of aromatic nitrogens is 1. The van der Waals surface area contributed by atoms with E-state index in [0.29, 0.717) is 39.6 Å². The van der Waals surface area contributed by atoms with Crippen LogP contribution in [0.15, 0.2) is 120 Å². The van der Waals surface area contributed by atoms with Gasteiger partial charge in [-0.1, -0.05) is 37.3 Å². The fourth-order valence-corrected chi connectivity index (χ4v) is 7.91. The Morgan fingerprint density at radius 3 is 2.42 bits per heavy atom. The number of likely N-dealkylation sites (tertiary alicyclic amines) is 1. The highest BCUT2D eigenvalue weighted by atomic mass is 32.2. The number of rotatable bonds is 14. The van der Waals surface area contributed by atoms with Gasteiger partial charge >= 0.3 is 12.1 Å². The maximum absolute atomic E-state index is 13.9. The van der Waals surface area contributed by atoms with Crippen molar-refractivity contribution in [3.63, 3.8) is 0 Å². The topological polar surface area (TPSA) is 110 Å². The number of carbonyl (C=O) groups excluding carboxylic acids is 3. The second-order valence-corrected chi connectivity index (χ2v) is 14.9. The average Bonchev–Trinajstić information content (AvgIpc) is 3.22. The molecule has 0 saturated carbocycles. The van der Waals surface area contributed by atoms with Crippen molar-refractivity contribution in [1.29, 1.82) is 0 Å². The van der Waals surface area contributed by atoms with Gasteiger partial charge in [-0.3, -0.25) is 14.6 Å². The second kappa shape index (κ2) is 19.1. The van der Waals surface area contributed by atoms with Gasteiger partial charge in [-0.2, -0.15) is 13.2 Å². The third-order valence-electron chi connectivity index (χ3n) is 9.85. The van der Waals surface area contributed by atoms with Crippen LogP contribution in [0.1, 0.15) is 82.1 Å². The first kappa shape index (κ1) is 41.1. The number of ether oxygens (including phenoxy) is 2. The minimum atomic E-state index is -4.49. The van der Waals surface area contributed by atoms with Gasteiger partial charge in [0.25, 0.3) is 11.8 Å². The van der Waals surface area contributed by atoms with E-state index in [1.54, 1.807) is 49.1 Å². The Kier molecular flexibility index (Phi) is 13.7. The molecule has 0 radical (unpaired) electrons. The summed E-state index contributed by atoms with van der Waals surface area (Å²) in [6.45, 7) is 5.73. The SMILES string of the molecule is CCOC(=O)COc1cccc(SCc2cccc(C(=O)NC3=CC=C(N4CCCCC4)C(C)C3c3cc(C(=O)NCc4cccc(C(F)(F)F)c4)ccn3)c2)c1. The van der Waals surface area contributed by atoms with Crippen LogP contribution in [0, 0.1) is 5.92 Å². The quantitative estimate of drug-likeness (QED) is 0.0964. The number of alkyl halides is 3. The molecule has 13 heteroatoms. The summed E-state index contributed by atoms with van der Waals surface area (Å²) in [4.78, 5) is 47.0. The molecule has 6 rings (SSSR count). The van der Waals surface area contributed by atoms with Crippen molar-refractivity contribution < 1.29 is 37.0 Å². The molecule has 0 bridgehead atoms. The standard InChI is InChI=1S/C44H45F3N4O5S/c1-3-55-40(52)27-56-35-14-9-15-36(25-35)57-28-31-11-7-12-32(22-31)43(54)50-37-16-17-39(51-20-5-4-6-21-51)29(2)41(37)38-24-33(18-19-48-38)42(53)49-26-30-10-8-13-34(23-30)44(45,46)47/h7-19,22-25,29,41H,3-6,20-21,26-28H2,1-2H3,(H,49,53)(H,50,54). The Hall–Kier alpha value is -5.56. The molecule has 2 aliphatic rings. The van der Waals surface area contributed by atoms with E-state index in [1.807, 2.05) is 42.5 Å². The Labute approximate surface area is 334 Å². The van der Waals surface area contributed by atoms with Gasteiger partial charge < -0.3 is 25.0 Å². The summed E-state index contributed by atoms with van der Waals surface area (Å²) >= 11 is 1.57. The minimum Gasteiger partial charge on any atom is -0.482 e. The van der Waals surface area contributed by atoms with E-state index >= 15 is 0 Å². The van der Waals surface area contributed by atoms with Crippen LogP contribution in [-0.4, -0.2) is 54.0 Å². The second-order valence-electron chi connectivity index (χ2n) is 13.9. The number of halogens is 3. The predicted molar refractivity (Wildman–Crippen MR) is 212 cm³/mol. The van der Waals surface area contributed by atoms with E-state index < -0.39 is 29.5 Å². The lowest BCUT2D eigenvalue weighted by atomic mass is 9.80. The van der Waals surface area contributed by atoms with Gasteiger partial charge in [0.1, 0.15) is 5.75 Å². The zero-order chi connectivity index (χ0) is 40.4. The molecule has 2 unspecified atom stereocenters. The molecular weight excluding hydrogens is 754 g/mol. The number of nitrogens with one attached hydrogen (secondary N) is 2. The molecule has 298 valence electrons. The molecule has 2 heterocycles. The lowest BCUT2D eigenvalue weighted by Gasteiger charge is -2.39. The maximum Gasteiger partial charge on any atom is 0.416 e. The van der Waals surface area contributed by atoms with Gasteiger partial charge in [-0.25, -0.2) is 4.79 Å². The molecule has 2 amide bonds. The number of thioether (sulfide) groups is 1. The zero-order valence-corrected chi connectivity index (χ0v) is 32.6. The molecule has 3 aromatic carbocycles. The van der Waals surface area contributed by atoms with Crippen molar-refractivity contribution in [2.24, 2.45) is 5.92 Å². The summed E-state index contributed by atoms with van der Waals surface area (Å²) in [6.07, 6.45) is 4.39. The lowest BCUT2D eigenvalue weighted by molar-refractivity contribution is -0.145. The van der Waals surface area contributed by atoms with E-state index in [-0.39, 0.29) is 31.6 Å². The third kappa shape index (κ3) is 11.1. The molecule has 1 aliphatic carbocycles. The van der Waals surface area contributed by atoms with Crippen LogP contribution in [0.25, 0.3) is 0 Å². The van der Waals surface area contributed by atoms with E-state index in [0.717, 1.165) is 54.2 Å². The van der Waals surface area contributed by atoms with Crippen LogP contribution in [0.3, 0.4) is 0 Å². The normalized spacial score (nSPS) is 16.9. The number of nitrogens with zero attached hydrogens (tertiary/aromatic N) is 2. The van der Waals surface area contributed by atoms with Crippen molar-refractivity contribution in [3.8, 4) is 5.75 Å². The number of amides is 2. The van der Waals surface area contributed by atoms with Crippen molar-refractivity contribution in [1.82, 2.24) is 20.5 Å². The number of esters is 1. The molecule has 57 heavy (non-hydrogen) atoms. The van der Waals surface area contributed by atoms with Crippen molar-refractivity contribution in [2.45, 2.75) is 62.4 Å². The number of allylic oxidation sites excluding steroid dienone is 4. The number of pyridine rings is 1. The van der Waals surface area contributed by atoms with E-state index in [9.17, 15) is 27.6 Å². The Morgan fingerprint density at radius 1 is 0.877 bits per heavy atom. The van der Waals surface area contributed by atoms with Crippen LogP contribution in [-0.2, 0) is 28.0 Å². The summed E-state index contributed by atoms with van der Waals surface area (Å²) < 4.78 is 50.3. The Bertz CT molecular complexity index is 2130. The first-order valence-electron chi connectivity index (χ1n) is 19.0. The fourth-order valence-electron chi connectivity index (χ4n) is 7.02. The van der Waals surface area contributed by atoms with Gasteiger partial charge in [-0.05, 0) is 104 Å². The van der Waals surface area contributed by atoms with E-state index in [1.165, 1.54) is 18.6 Å². The smallest absolute Gasteiger partial charge is 0.416 e. The molecule has 1 aromatic heterocycles. The van der Waals surface area contributed by atoms with Crippen molar-refractivity contribution in [2.75, 3.05) is 26.3 Å². The van der Waals surface area contributed by atoms with E-state index in [4.69, 9.17) is 9.47 Å². The summed E-state index contributed by atoms with van der Waals surface area (Å²) in [5.41, 5.74) is 3.63. The summed E-state index contributed by atoms with van der Waals surface area (Å²) in [5, 5.41) is 5.90. The zero-order valence-electron chi connectivity index (χ0n) is 31.8. The third-order valence-corrected chi connectivity index (χ3v) is 10.9. The van der Waals surface area contributed by atoms with Gasteiger partial charge in [0.2, 0.25) is 0 Å². The lowest BCUT2D eigenvalue weighted by Crippen LogP contribution is -2.38. The Balaban J connectivity index is 1.17. The number of hydrogen-bond acceptors (Lipinski definition) is 8. The van der Waals surface area contributed by atoms with Gasteiger partial charge in [0.05, 0.1) is 17.9 Å². The highest BCUT2D eigenvalue weighted by molar-refractivity contribution is 7.98. The van der Waals surface area contributed by atoms with Crippen molar-refractivity contribution in [3.05, 3.63) is 148 Å². The monoisotopic (exact) mass is 798 g/mol. The van der Waals surface area contributed by atoms with E-state index in [2.05, 4.69) is 33.5 Å². The average molecular weight is 799 g/mol. The van der Waals surface area contributed by atoms with Crippen molar-refractivity contribution >= 4 is 29.5 Å².